The zero-order valence-electron chi connectivity index (χ0n) is 34.0. The molecule has 918 valence electrons. The van der Waals surface area contributed by atoms with Crippen molar-refractivity contribution in [2.45, 2.75) is 0 Å². The number of hydrogen-bond donors (Lipinski definition) is 0. The van der Waals surface area contributed by atoms with Crippen LogP contribution < -0.4 is 0 Å². The van der Waals surface area contributed by atoms with Crippen molar-refractivity contribution in [1.29, 1.82) is 0 Å². The molecule has 0 aromatic heterocycles. The van der Waals surface area contributed by atoms with Crippen molar-refractivity contribution in [3.05, 3.63) is 0 Å². The van der Waals surface area contributed by atoms with Gasteiger partial charge in [-0.1, -0.05) is 0 Å². The van der Waals surface area contributed by atoms with Gasteiger partial charge < -0.3 is 0 Å². The third-order valence-corrected chi connectivity index (χ3v) is 0. The summed E-state index contributed by atoms with van der Waals surface area (Å²) in [7, 11) is 0. The third-order valence-electron chi connectivity index (χ3n) is 0. The molecule has 0 rings (SSSR count). The van der Waals surface area contributed by atoms with Crippen LogP contribution in [0.5, 0.6) is 0 Å². The van der Waals surface area contributed by atoms with Crippen molar-refractivity contribution in [3.63, 3.8) is 0 Å². The SMILES string of the molecule is [Tb].[Tb].[Tb].[Tb].[Tb].[Tb].[Tb].[Tb].[Tb].[Tb].[Tb].[Tb].[Tb].[Tb].[Tb].[Tb].[Tb].[Tb].[Tb].[Tb].[Tb].[Tb].[Tb].[Tb].[Tb].[Tb].[Tb].[Tb].[Tb].[Tb].[Tb].[Tb].[Tb].[Tb].[Tb].[Tb].[Tb].[Tb].[Tb].[Tb].[Tb].[Tb].[Tb].[Tb].[Tb].[Tb].[Tb].[Tb].[Tb].[Tb].[Tb].[Tb].[Tb].[Tb].[Tb].[Tb].[Tb].[Tb].[Tb].[Tb].[Tb].[Tb].[Tb].[Tb].[Tb].[Tb].[Tb].[Tb].[Tb].[Tb].[Tb].[Tb].[Tb].[Tb].[Tb].[Tb].[Tb].[Tb].[Tb].[Tb].[Tb].[Tb].[Tb].[Tb].[Tb].[Tb].[Tb].[Tb].[Tb].[Tb].[Tb].[Tb].[Tb].[Tb].[Tb].[Tb].[Tb].[Tb].[Tb].[Tb].[Tb].[Tb]. The molecule has 0 fully saturated rings. The zero-order chi connectivity index (χ0) is 0. The van der Waals surface area contributed by atoms with E-state index in [1.54, 1.807) is 0 Å². The Hall–Kier alpha value is 131. The molecule has 0 amide bonds. The molecule has 0 spiro atoms. The molecule has 0 aromatic carbocycles. The van der Waals surface area contributed by atoms with Gasteiger partial charge in [0.15, 0.2) is 0 Å². The first-order chi connectivity index (χ1) is 0. The summed E-state index contributed by atoms with van der Waals surface area (Å²) in [5.41, 5.74) is 0. The van der Waals surface area contributed by atoms with Gasteiger partial charge in [-0.25, -0.2) is 0 Å². The average molecular weight is 16200 g/mol. The first-order valence-corrected chi connectivity index (χ1v) is 0. The van der Waals surface area contributed by atoms with Gasteiger partial charge >= 0.3 is 0 Å². The summed E-state index contributed by atoms with van der Waals surface area (Å²) in [6, 6.07) is 0. The molecule has 102 heavy (non-hydrogen) atoms. The summed E-state index contributed by atoms with van der Waals surface area (Å²) in [6.45, 7) is 0. The standard InChI is InChI=1S/102Tb. The summed E-state index contributed by atoms with van der Waals surface area (Å²) in [4.78, 5) is 0. The number of rotatable bonds is 0. The van der Waals surface area contributed by atoms with Gasteiger partial charge in [-0.05, 0) is 0 Å². The molecule has 0 unspecified atom stereocenters. The van der Waals surface area contributed by atoms with E-state index >= 15 is 0 Å². The van der Waals surface area contributed by atoms with E-state index in [0.717, 1.165) is 0 Å². The molecule has 0 bridgehead atoms. The van der Waals surface area contributed by atoms with E-state index in [2.05, 4.69) is 0 Å². The summed E-state index contributed by atoms with van der Waals surface area (Å²) in [5, 5.41) is 0. The minimum absolute atomic E-state index is 0. The molecule has 0 aliphatic heterocycles. The minimum Gasteiger partial charge on any atom is 0 e. The average Bonchev–Trinajstić information content (AvgIpc) is 0. The van der Waals surface area contributed by atoms with Crippen LogP contribution in [0, 0.1) is 3940 Å². The third kappa shape index (κ3) is 712. The summed E-state index contributed by atoms with van der Waals surface area (Å²) >= 11 is 0. The smallest absolute Gasteiger partial charge is 0 e. The van der Waals surface area contributed by atoms with E-state index in [-0.39, 0.29) is 3940 Å². The van der Waals surface area contributed by atoms with Crippen molar-refractivity contribution in [1.82, 2.24) is 0 Å². The second-order valence-electron chi connectivity index (χ2n) is 0. The van der Waals surface area contributed by atoms with Gasteiger partial charge in [-0.3, -0.25) is 0 Å². The Balaban J connectivity index is 0. The van der Waals surface area contributed by atoms with Crippen molar-refractivity contribution in [2.24, 2.45) is 0 Å². The molecule has 0 N–H and O–H groups in total. The van der Waals surface area contributed by atoms with Gasteiger partial charge in [-0.2, -0.15) is 0 Å². The van der Waals surface area contributed by atoms with Gasteiger partial charge in [0.1, 0.15) is 0 Å². The monoisotopic (exact) mass is 16200 g/mol. The van der Waals surface area contributed by atoms with Gasteiger partial charge in [-0.15, -0.1) is 0 Å². The molecule has 102 heteroatoms. The van der Waals surface area contributed by atoms with E-state index in [9.17, 15) is 0 Å². The van der Waals surface area contributed by atoms with E-state index in [4.69, 9.17) is 0 Å². The molecule has 0 nitrogen and oxygen atoms in total. The number of hydrogen-bond acceptors (Lipinski definition) is 0. The van der Waals surface area contributed by atoms with Crippen LogP contribution >= 0.6 is 0 Å². The second-order valence-corrected chi connectivity index (χ2v) is 0. The molecule has 0 atom stereocenters. The Bertz CT molecular complexity index is 0. The summed E-state index contributed by atoms with van der Waals surface area (Å²) in [6.07, 6.45) is 0. The zero-order valence-corrected chi connectivity index (χ0v) is 252. The molecule has 0 saturated carbocycles. The van der Waals surface area contributed by atoms with Gasteiger partial charge in [0.2, 0.25) is 0 Å². The van der Waals surface area contributed by atoms with Crippen molar-refractivity contribution >= 4 is 0 Å². The minimum atomic E-state index is 0. The van der Waals surface area contributed by atoms with Crippen molar-refractivity contribution in [3.8, 4) is 0 Å². The van der Waals surface area contributed by atoms with E-state index in [1.807, 2.05) is 0 Å². The van der Waals surface area contributed by atoms with Crippen LogP contribution in [0.3, 0.4) is 0 Å². The second kappa shape index (κ2) is 721. The largest absolute Gasteiger partial charge is 0 e. The first kappa shape index (κ1) is 731. The van der Waals surface area contributed by atoms with Crippen molar-refractivity contribution in [2.75, 3.05) is 0 Å². The van der Waals surface area contributed by atoms with Crippen LogP contribution in [0.25, 0.3) is 0 Å². The maximum absolute atomic E-state index is 0. The normalized spacial score (nSPS) is 0. The van der Waals surface area contributed by atoms with E-state index in [0.29, 0.717) is 0 Å². The summed E-state index contributed by atoms with van der Waals surface area (Å²) < 4.78 is 0. The molecular formula is Tb102. The molecule has 0 aliphatic carbocycles. The van der Waals surface area contributed by atoms with Crippen LogP contribution in [-0.2, 0) is 0 Å². The van der Waals surface area contributed by atoms with Crippen molar-refractivity contribution < 1.29 is 3940 Å². The maximum atomic E-state index is 0. The van der Waals surface area contributed by atoms with Crippen LogP contribution in [0.2, 0.25) is 0 Å². The quantitative estimate of drug-likeness (QED) is 0.321. The van der Waals surface area contributed by atoms with E-state index < -0.39 is 0 Å². The molecule has 0 heterocycles. The van der Waals surface area contributed by atoms with Crippen LogP contribution in [0.4, 0.5) is 0 Å². The maximum Gasteiger partial charge on any atom is 0 e. The molecule has 0 saturated heterocycles. The Morgan fingerprint density at radius 2 is 0.00980 bits per heavy atom. The van der Waals surface area contributed by atoms with Crippen LogP contribution in [0.1, 0.15) is 0 Å². The Kier molecular flexibility index (Phi) is 5160. The predicted molar refractivity (Wildman–Crippen MR) is 0 cm³/mol. The Morgan fingerprint density at radius 1 is 0.00980 bits per heavy atom. The summed E-state index contributed by atoms with van der Waals surface area (Å²) in [5.74, 6) is 0. The fourth-order valence-electron chi connectivity index (χ4n) is 0. The van der Waals surface area contributed by atoms with Gasteiger partial charge in [0.05, 0.1) is 0 Å². The van der Waals surface area contributed by atoms with Gasteiger partial charge in [0.25, 0.3) is 0 Å². The fourth-order valence-corrected chi connectivity index (χ4v) is 0. The first-order valence-electron chi connectivity index (χ1n) is 0. The molecular weight excluding hydrogens is 16200 g/mol. The van der Waals surface area contributed by atoms with E-state index in [1.165, 1.54) is 0 Å². The van der Waals surface area contributed by atoms with Gasteiger partial charge in [0, 0.05) is 3940 Å². The molecule has 0 aliphatic rings. The molecule has 102 radical (unpaired) electrons. The molecule has 0 aromatic rings. The Labute approximate surface area is 3770 Å². The van der Waals surface area contributed by atoms with Crippen LogP contribution in [0.15, 0.2) is 0 Å². The fraction of sp³-hybridized carbons (Fsp3) is 0. The topological polar surface area (TPSA) is 0 Å². The predicted octanol–water partition coefficient (Wildman–Crippen LogP) is 0. The van der Waals surface area contributed by atoms with Crippen LogP contribution in [-0.4, -0.2) is 0 Å². The Morgan fingerprint density at radius 3 is 0.00980 bits per heavy atom.